The van der Waals surface area contributed by atoms with E-state index in [1.807, 2.05) is 0 Å². The molecule has 5 aliphatic carbocycles. The molecule has 10 atom stereocenters. The predicted molar refractivity (Wildman–Crippen MR) is 134 cm³/mol. The normalized spacial score (nSPS) is 60.0. The number of hydrogen-bond donors (Lipinski definition) is 3. The van der Waals surface area contributed by atoms with Crippen molar-refractivity contribution in [1.29, 1.82) is 0 Å². The number of aliphatic hydroxyl groups is 3. The highest BCUT2D eigenvalue weighted by Crippen LogP contribution is 2.77. The Kier molecular flexibility index (Phi) is 4.92. The second-order valence-corrected chi connectivity index (χ2v) is 15.0. The summed E-state index contributed by atoms with van der Waals surface area (Å²) in [6.07, 6.45) is 10.9. The van der Waals surface area contributed by atoms with Crippen LogP contribution in [0.4, 0.5) is 0 Å². The first-order chi connectivity index (χ1) is 15.0. The summed E-state index contributed by atoms with van der Waals surface area (Å²) in [4.78, 5) is 0. The van der Waals surface area contributed by atoms with Crippen molar-refractivity contribution in [2.75, 3.05) is 0 Å². The first-order valence-corrected chi connectivity index (χ1v) is 13.8. The highest BCUT2D eigenvalue weighted by atomic mass is 16.3. The molecule has 0 radical (unpaired) electrons. The standard InChI is InChI=1S/C30H50O3/c1-19-23-20-9-14-30(33)27(6)12-11-22(31)24(2,3)21(27)10-13-29(30,8)26(20,5)17-15-25(23,4)16-18-28(19,7)32/h10,19-20,22-23,31-33H,9,11-18H2,1-8H3/t19-,20+,22-,23+,25-,26+,27-,28+,29-,30-/m0/s1. The largest absolute Gasteiger partial charge is 0.392 e. The highest BCUT2D eigenvalue weighted by Gasteiger charge is 2.74. The van der Waals surface area contributed by atoms with Crippen molar-refractivity contribution in [2.24, 2.45) is 44.8 Å². The van der Waals surface area contributed by atoms with Gasteiger partial charge in [-0.2, -0.15) is 0 Å². The summed E-state index contributed by atoms with van der Waals surface area (Å²) in [5.41, 5.74) is -0.502. The van der Waals surface area contributed by atoms with E-state index >= 15 is 0 Å². The van der Waals surface area contributed by atoms with Crippen LogP contribution in [0.3, 0.4) is 0 Å². The summed E-state index contributed by atoms with van der Waals surface area (Å²) in [6, 6.07) is 0. The Hall–Kier alpha value is -0.380. The number of rotatable bonds is 0. The summed E-state index contributed by atoms with van der Waals surface area (Å²) in [5.74, 6) is 1.32. The van der Waals surface area contributed by atoms with Crippen molar-refractivity contribution in [3.05, 3.63) is 11.6 Å². The molecule has 4 fully saturated rings. The molecule has 0 bridgehead atoms. The number of aliphatic hydroxyl groups excluding tert-OH is 1. The maximum atomic E-state index is 12.9. The van der Waals surface area contributed by atoms with Crippen LogP contribution in [0.5, 0.6) is 0 Å². The van der Waals surface area contributed by atoms with Gasteiger partial charge < -0.3 is 15.3 Å². The molecule has 188 valence electrons. The van der Waals surface area contributed by atoms with E-state index in [0.717, 1.165) is 44.9 Å². The third-order valence-electron chi connectivity index (χ3n) is 13.7. The summed E-state index contributed by atoms with van der Waals surface area (Å²) in [7, 11) is 0. The Morgan fingerprint density at radius 2 is 1.45 bits per heavy atom. The average Bonchev–Trinajstić information content (AvgIpc) is 2.72. The lowest BCUT2D eigenvalue weighted by Gasteiger charge is -2.75. The lowest BCUT2D eigenvalue weighted by Crippen LogP contribution is -2.73. The van der Waals surface area contributed by atoms with Gasteiger partial charge >= 0.3 is 0 Å². The Labute approximate surface area is 202 Å². The number of fused-ring (bicyclic) bond motifs is 7. The molecule has 0 aliphatic heterocycles. The van der Waals surface area contributed by atoms with E-state index < -0.39 is 11.2 Å². The highest BCUT2D eigenvalue weighted by molar-refractivity contribution is 5.38. The molecule has 0 amide bonds. The molecule has 3 N–H and O–H groups in total. The van der Waals surface area contributed by atoms with Crippen LogP contribution in [0, 0.1) is 44.8 Å². The van der Waals surface area contributed by atoms with Gasteiger partial charge in [-0.3, -0.25) is 0 Å². The molecular weight excluding hydrogens is 408 g/mol. The first-order valence-electron chi connectivity index (χ1n) is 13.8. The van der Waals surface area contributed by atoms with Gasteiger partial charge in [0, 0.05) is 16.2 Å². The van der Waals surface area contributed by atoms with Gasteiger partial charge in [0.05, 0.1) is 17.3 Å². The van der Waals surface area contributed by atoms with Crippen molar-refractivity contribution in [3.8, 4) is 0 Å². The van der Waals surface area contributed by atoms with E-state index in [1.54, 1.807) is 0 Å². The van der Waals surface area contributed by atoms with E-state index in [4.69, 9.17) is 0 Å². The van der Waals surface area contributed by atoms with Gasteiger partial charge in [0.1, 0.15) is 0 Å². The molecule has 0 aromatic carbocycles. The quantitative estimate of drug-likeness (QED) is 0.376. The van der Waals surface area contributed by atoms with Gasteiger partial charge in [0.25, 0.3) is 0 Å². The molecule has 0 saturated heterocycles. The van der Waals surface area contributed by atoms with Crippen molar-refractivity contribution >= 4 is 0 Å². The molecule has 3 nitrogen and oxygen atoms in total. The number of hydrogen-bond acceptors (Lipinski definition) is 3. The topological polar surface area (TPSA) is 60.7 Å². The molecule has 0 unspecified atom stereocenters. The second-order valence-electron chi connectivity index (χ2n) is 15.0. The maximum Gasteiger partial charge on any atom is 0.0799 e. The van der Waals surface area contributed by atoms with Gasteiger partial charge in [-0.25, -0.2) is 0 Å². The average molecular weight is 459 g/mol. The van der Waals surface area contributed by atoms with Gasteiger partial charge in [-0.15, -0.1) is 0 Å². The van der Waals surface area contributed by atoms with Crippen LogP contribution in [0.2, 0.25) is 0 Å². The summed E-state index contributed by atoms with van der Waals surface area (Å²) in [5, 5.41) is 35.1. The lowest BCUT2D eigenvalue weighted by molar-refractivity contribution is -0.291. The van der Waals surface area contributed by atoms with Crippen LogP contribution in [-0.2, 0) is 0 Å². The Morgan fingerprint density at radius 1 is 0.818 bits per heavy atom. The monoisotopic (exact) mass is 458 g/mol. The minimum atomic E-state index is -0.763. The van der Waals surface area contributed by atoms with Crippen LogP contribution in [0.15, 0.2) is 11.6 Å². The third kappa shape index (κ3) is 2.63. The number of allylic oxidation sites excluding steroid dienone is 1. The minimum Gasteiger partial charge on any atom is -0.392 e. The molecule has 33 heavy (non-hydrogen) atoms. The molecule has 0 spiro atoms. The van der Waals surface area contributed by atoms with Crippen LogP contribution in [-0.4, -0.2) is 32.6 Å². The fourth-order valence-electron chi connectivity index (χ4n) is 10.8. The van der Waals surface area contributed by atoms with E-state index in [1.165, 1.54) is 18.4 Å². The molecular formula is C30H50O3. The summed E-state index contributed by atoms with van der Waals surface area (Å²) in [6.45, 7) is 18.5. The molecule has 5 aliphatic rings. The third-order valence-corrected chi connectivity index (χ3v) is 13.7. The fourth-order valence-corrected chi connectivity index (χ4v) is 10.8. The van der Waals surface area contributed by atoms with Gasteiger partial charge in [0.2, 0.25) is 0 Å². The SMILES string of the molecule is C[C@H]1[C@@H]2[C@H]3CC[C@@]4(O)[C@@](C)(CC=C5C(C)(C)[C@@H](O)CC[C@@]54C)[C@]3(C)CC[C@@]2(C)CC[C@@]1(C)O. The van der Waals surface area contributed by atoms with Gasteiger partial charge in [0.15, 0.2) is 0 Å². The van der Waals surface area contributed by atoms with Gasteiger partial charge in [-0.1, -0.05) is 60.1 Å². The molecule has 0 heterocycles. The van der Waals surface area contributed by atoms with E-state index in [9.17, 15) is 15.3 Å². The van der Waals surface area contributed by atoms with Gasteiger partial charge in [-0.05, 0) is 93.3 Å². The van der Waals surface area contributed by atoms with Crippen molar-refractivity contribution in [1.82, 2.24) is 0 Å². The van der Waals surface area contributed by atoms with Crippen LogP contribution < -0.4 is 0 Å². The molecule has 0 aromatic rings. The maximum absolute atomic E-state index is 12.9. The summed E-state index contributed by atoms with van der Waals surface area (Å²) >= 11 is 0. The minimum absolute atomic E-state index is 0.0388. The first kappa shape index (κ1) is 24.3. The van der Waals surface area contributed by atoms with E-state index in [0.29, 0.717) is 17.3 Å². The predicted octanol–water partition coefficient (Wildman–Crippen LogP) is 6.25. The molecule has 5 rings (SSSR count). The van der Waals surface area contributed by atoms with Crippen molar-refractivity contribution in [2.45, 2.75) is 130 Å². The zero-order valence-electron chi connectivity index (χ0n) is 22.6. The Morgan fingerprint density at radius 3 is 2.12 bits per heavy atom. The Bertz CT molecular complexity index is 874. The van der Waals surface area contributed by atoms with Crippen molar-refractivity contribution in [3.63, 3.8) is 0 Å². The zero-order valence-corrected chi connectivity index (χ0v) is 22.6. The second kappa shape index (κ2) is 6.68. The fraction of sp³-hybridized carbons (Fsp3) is 0.933. The summed E-state index contributed by atoms with van der Waals surface area (Å²) < 4.78 is 0. The smallest absolute Gasteiger partial charge is 0.0799 e. The molecule has 4 saturated carbocycles. The molecule has 3 heteroatoms. The van der Waals surface area contributed by atoms with E-state index in [-0.39, 0.29) is 33.7 Å². The van der Waals surface area contributed by atoms with Crippen LogP contribution in [0.25, 0.3) is 0 Å². The zero-order chi connectivity index (χ0) is 24.5. The van der Waals surface area contributed by atoms with Crippen LogP contribution in [0.1, 0.15) is 113 Å². The van der Waals surface area contributed by atoms with E-state index in [2.05, 4.69) is 61.5 Å². The van der Waals surface area contributed by atoms with Crippen molar-refractivity contribution < 1.29 is 15.3 Å². The van der Waals surface area contributed by atoms with Crippen LogP contribution >= 0.6 is 0 Å². The Balaban J connectivity index is 1.63. The molecule has 0 aromatic heterocycles. The lowest BCUT2D eigenvalue weighted by atomic mass is 9.31.